The molecule has 1 saturated heterocycles. The molecule has 0 radical (unpaired) electrons. The predicted molar refractivity (Wildman–Crippen MR) is 101 cm³/mol. The van der Waals surface area contributed by atoms with Gasteiger partial charge in [0.2, 0.25) is 0 Å². The number of nitrogens with one attached hydrogen (secondary N) is 1. The summed E-state index contributed by atoms with van der Waals surface area (Å²) >= 11 is 0. The molecule has 4 heterocycles. The molecule has 1 aliphatic rings. The van der Waals surface area contributed by atoms with Crippen molar-refractivity contribution in [1.82, 2.24) is 19.9 Å². The van der Waals surface area contributed by atoms with Crippen LogP contribution in [0.4, 0.5) is 11.6 Å². The van der Waals surface area contributed by atoms with Crippen LogP contribution in [0.15, 0.2) is 36.9 Å². The highest BCUT2D eigenvalue weighted by atomic mass is 15.3. The summed E-state index contributed by atoms with van der Waals surface area (Å²) in [5, 5.41) is 10.0. The quantitative estimate of drug-likeness (QED) is 0.764. The lowest BCUT2D eigenvalue weighted by Gasteiger charge is -2.30. The molecule has 3 aromatic rings. The van der Waals surface area contributed by atoms with E-state index in [1.54, 1.807) is 12.5 Å². The maximum absolute atomic E-state index is 8.99. The van der Waals surface area contributed by atoms with Gasteiger partial charge in [0.15, 0.2) is 0 Å². The third-order valence-electron chi connectivity index (χ3n) is 4.87. The molecule has 1 atom stereocenters. The Morgan fingerprint density at radius 1 is 1.31 bits per heavy atom. The molecule has 0 aromatic carbocycles. The summed E-state index contributed by atoms with van der Waals surface area (Å²) < 4.78 is 0. The lowest BCUT2D eigenvalue weighted by molar-refractivity contribution is 0.622. The van der Waals surface area contributed by atoms with Crippen LogP contribution in [-0.4, -0.2) is 45.6 Å². The van der Waals surface area contributed by atoms with Crippen LogP contribution in [0.3, 0.4) is 0 Å². The van der Waals surface area contributed by atoms with E-state index in [1.807, 2.05) is 24.4 Å². The molecule has 7 nitrogen and oxygen atoms in total. The van der Waals surface area contributed by atoms with E-state index in [1.165, 1.54) is 0 Å². The van der Waals surface area contributed by atoms with E-state index >= 15 is 0 Å². The van der Waals surface area contributed by atoms with Crippen LogP contribution in [0.2, 0.25) is 0 Å². The summed E-state index contributed by atoms with van der Waals surface area (Å²) in [6.07, 6.45) is 7.28. The van der Waals surface area contributed by atoms with Crippen LogP contribution in [0.5, 0.6) is 0 Å². The molecule has 0 amide bonds. The third kappa shape index (κ3) is 2.94. The zero-order valence-electron chi connectivity index (χ0n) is 14.8. The van der Waals surface area contributed by atoms with Gasteiger partial charge in [0.05, 0.1) is 10.9 Å². The summed E-state index contributed by atoms with van der Waals surface area (Å²) in [5.74, 6) is 1.93. The maximum Gasteiger partial charge on any atom is 0.142 e. The first kappa shape index (κ1) is 16.3. The van der Waals surface area contributed by atoms with E-state index < -0.39 is 0 Å². The Balaban J connectivity index is 1.57. The van der Waals surface area contributed by atoms with Gasteiger partial charge in [-0.25, -0.2) is 15.0 Å². The maximum atomic E-state index is 8.99. The average Bonchev–Trinajstić information content (AvgIpc) is 3.35. The lowest BCUT2D eigenvalue weighted by Crippen LogP contribution is -2.39. The number of pyridine rings is 1. The van der Waals surface area contributed by atoms with Gasteiger partial charge in [0.1, 0.15) is 29.7 Å². The number of nitriles is 1. The van der Waals surface area contributed by atoms with Gasteiger partial charge >= 0.3 is 0 Å². The Bertz CT molecular complexity index is 925. The zero-order chi connectivity index (χ0) is 17.9. The highest BCUT2D eigenvalue weighted by Crippen LogP contribution is 2.28. The van der Waals surface area contributed by atoms with Gasteiger partial charge in [-0.05, 0) is 31.0 Å². The van der Waals surface area contributed by atoms with E-state index in [4.69, 9.17) is 5.26 Å². The predicted octanol–water partition coefficient (Wildman–Crippen LogP) is 2.72. The van der Waals surface area contributed by atoms with E-state index in [2.05, 4.69) is 42.7 Å². The molecule has 1 N–H and O–H groups in total. The third-order valence-corrected chi connectivity index (χ3v) is 4.87. The number of aromatic nitrogens is 4. The summed E-state index contributed by atoms with van der Waals surface area (Å²) in [7, 11) is 0. The van der Waals surface area contributed by atoms with Crippen LogP contribution < -0.4 is 9.80 Å². The topological polar surface area (TPSA) is 84.7 Å². The summed E-state index contributed by atoms with van der Waals surface area (Å²) in [6.45, 7) is 4.98. The fraction of sp³-hybridized carbons (Fsp3) is 0.368. The van der Waals surface area contributed by atoms with Gasteiger partial charge in [-0.15, -0.1) is 0 Å². The SMILES string of the molecule is CCCN(c1ccc(C#N)cn1)C1CCN(c2ncnc3[nH]ccc23)C1. The number of aromatic amines is 1. The first-order valence-corrected chi connectivity index (χ1v) is 8.96. The summed E-state index contributed by atoms with van der Waals surface area (Å²) in [4.78, 5) is 21.1. The molecule has 0 aliphatic carbocycles. The Morgan fingerprint density at radius 3 is 3.00 bits per heavy atom. The average molecular weight is 347 g/mol. The smallest absolute Gasteiger partial charge is 0.142 e. The first-order chi connectivity index (χ1) is 12.8. The zero-order valence-corrected chi connectivity index (χ0v) is 14.8. The van der Waals surface area contributed by atoms with Crippen molar-refractivity contribution in [2.24, 2.45) is 0 Å². The molecule has 4 rings (SSSR count). The van der Waals surface area contributed by atoms with E-state index in [9.17, 15) is 0 Å². The van der Waals surface area contributed by atoms with Crippen LogP contribution in [0.25, 0.3) is 11.0 Å². The van der Waals surface area contributed by atoms with Crippen molar-refractivity contribution < 1.29 is 0 Å². The summed E-state index contributed by atoms with van der Waals surface area (Å²) in [5.41, 5.74) is 1.46. The van der Waals surface area contributed by atoms with Crippen LogP contribution in [0, 0.1) is 11.3 Å². The van der Waals surface area contributed by atoms with Crippen molar-refractivity contribution in [3.63, 3.8) is 0 Å². The van der Waals surface area contributed by atoms with E-state index in [0.29, 0.717) is 11.6 Å². The van der Waals surface area contributed by atoms with Gasteiger partial charge in [-0.2, -0.15) is 5.26 Å². The van der Waals surface area contributed by atoms with Crippen molar-refractivity contribution in [3.05, 3.63) is 42.5 Å². The summed E-state index contributed by atoms with van der Waals surface area (Å²) in [6, 6.07) is 8.33. The van der Waals surface area contributed by atoms with Crippen molar-refractivity contribution >= 4 is 22.7 Å². The van der Waals surface area contributed by atoms with Gasteiger partial charge in [0, 0.05) is 38.1 Å². The van der Waals surface area contributed by atoms with Gasteiger partial charge < -0.3 is 14.8 Å². The molecule has 1 aliphatic heterocycles. The minimum atomic E-state index is 0.374. The molecule has 0 saturated carbocycles. The molecule has 26 heavy (non-hydrogen) atoms. The Hall–Kier alpha value is -3.14. The number of hydrogen-bond acceptors (Lipinski definition) is 6. The second-order valence-electron chi connectivity index (χ2n) is 6.54. The Kier molecular flexibility index (Phi) is 4.40. The molecule has 0 spiro atoms. The molecular weight excluding hydrogens is 326 g/mol. The number of fused-ring (bicyclic) bond motifs is 1. The molecule has 1 fully saturated rings. The van der Waals surface area contributed by atoms with E-state index in [0.717, 1.165) is 55.1 Å². The Labute approximate surface area is 152 Å². The highest BCUT2D eigenvalue weighted by molar-refractivity contribution is 5.87. The molecule has 0 bridgehead atoms. The first-order valence-electron chi connectivity index (χ1n) is 8.96. The molecule has 132 valence electrons. The minimum Gasteiger partial charge on any atom is -0.354 e. The molecule has 3 aromatic heterocycles. The minimum absolute atomic E-state index is 0.374. The number of nitrogens with zero attached hydrogens (tertiary/aromatic N) is 6. The normalized spacial score (nSPS) is 16.8. The lowest BCUT2D eigenvalue weighted by atomic mass is 10.2. The molecule has 1 unspecified atom stereocenters. The second-order valence-corrected chi connectivity index (χ2v) is 6.54. The molecule has 7 heteroatoms. The second kappa shape index (κ2) is 7.00. The Morgan fingerprint density at radius 2 is 2.23 bits per heavy atom. The fourth-order valence-corrected chi connectivity index (χ4v) is 3.65. The van der Waals surface area contributed by atoms with Crippen LogP contribution in [0.1, 0.15) is 25.3 Å². The largest absolute Gasteiger partial charge is 0.354 e. The van der Waals surface area contributed by atoms with Crippen LogP contribution in [-0.2, 0) is 0 Å². The number of rotatable bonds is 5. The highest BCUT2D eigenvalue weighted by Gasteiger charge is 2.30. The van der Waals surface area contributed by atoms with Gasteiger partial charge in [-0.3, -0.25) is 0 Å². The molecular formula is C19H21N7. The van der Waals surface area contributed by atoms with Crippen molar-refractivity contribution in [2.75, 3.05) is 29.4 Å². The van der Waals surface area contributed by atoms with Crippen molar-refractivity contribution in [2.45, 2.75) is 25.8 Å². The van der Waals surface area contributed by atoms with Gasteiger partial charge in [0.25, 0.3) is 0 Å². The van der Waals surface area contributed by atoms with Crippen molar-refractivity contribution in [3.8, 4) is 6.07 Å². The van der Waals surface area contributed by atoms with Gasteiger partial charge in [-0.1, -0.05) is 6.92 Å². The van der Waals surface area contributed by atoms with E-state index in [-0.39, 0.29) is 0 Å². The fourth-order valence-electron chi connectivity index (χ4n) is 3.65. The monoisotopic (exact) mass is 347 g/mol. The number of H-pyrrole nitrogens is 1. The number of hydrogen-bond donors (Lipinski definition) is 1. The van der Waals surface area contributed by atoms with Crippen LogP contribution >= 0.6 is 0 Å². The van der Waals surface area contributed by atoms with Crippen molar-refractivity contribution in [1.29, 1.82) is 5.26 Å². The standard InChI is InChI=1S/C19H21N7/c1-2-8-26(17-4-3-14(10-20)11-22-17)15-6-9-25(12-15)19-16-5-7-21-18(16)23-13-24-19/h3-5,7,11,13,15H,2,6,8-9,12H2,1H3,(H,21,23,24). The number of anilines is 2.